The molecular formula is C51H35N3O. The molecule has 0 saturated carbocycles. The van der Waals surface area contributed by atoms with Crippen molar-refractivity contribution in [1.82, 2.24) is 15.0 Å². The minimum atomic E-state index is 0.648. The first kappa shape index (κ1) is 31.6. The lowest BCUT2D eigenvalue weighted by Crippen LogP contribution is -2.07. The molecule has 0 unspecified atom stereocenters. The van der Waals surface area contributed by atoms with Crippen molar-refractivity contribution in [3.8, 4) is 45.0 Å². The molecule has 0 fully saturated rings. The summed E-state index contributed by atoms with van der Waals surface area (Å²) in [5.74, 6) is 2.05. The quantitative estimate of drug-likeness (QED) is 0.179. The Labute approximate surface area is 318 Å². The number of fused-ring (bicyclic) bond motifs is 5. The highest BCUT2D eigenvalue weighted by Crippen LogP contribution is 2.40. The van der Waals surface area contributed by atoms with Gasteiger partial charge in [0.05, 0.1) is 0 Å². The Balaban J connectivity index is 1.04. The number of allylic oxidation sites excluding steroid dienone is 6. The maximum atomic E-state index is 6.57. The van der Waals surface area contributed by atoms with Crippen molar-refractivity contribution in [2.24, 2.45) is 0 Å². The zero-order chi connectivity index (χ0) is 36.3. The number of rotatable bonds is 5. The van der Waals surface area contributed by atoms with Crippen molar-refractivity contribution in [2.45, 2.75) is 25.7 Å². The van der Waals surface area contributed by atoms with Gasteiger partial charge in [-0.25, -0.2) is 15.0 Å². The topological polar surface area (TPSA) is 51.8 Å². The van der Waals surface area contributed by atoms with Crippen LogP contribution in [0.3, 0.4) is 0 Å². The molecule has 2 aliphatic rings. The van der Waals surface area contributed by atoms with Gasteiger partial charge in [-0.2, -0.15) is 0 Å². The first-order valence-electron chi connectivity index (χ1n) is 19.1. The Morgan fingerprint density at radius 3 is 1.85 bits per heavy atom. The molecule has 2 aromatic heterocycles. The summed E-state index contributed by atoms with van der Waals surface area (Å²) in [5.41, 5.74) is 12.2. The summed E-state index contributed by atoms with van der Waals surface area (Å²) < 4.78 is 6.57. The lowest BCUT2D eigenvalue weighted by molar-refractivity contribution is 0.669. The molecule has 7 aromatic carbocycles. The van der Waals surface area contributed by atoms with Crippen LogP contribution in [0.2, 0.25) is 0 Å². The van der Waals surface area contributed by atoms with E-state index in [1.807, 2.05) is 12.1 Å². The van der Waals surface area contributed by atoms with Gasteiger partial charge in [0.15, 0.2) is 17.5 Å². The van der Waals surface area contributed by atoms with E-state index in [4.69, 9.17) is 19.4 Å². The molecule has 0 N–H and O–H groups in total. The molecule has 0 bridgehead atoms. The first-order valence-corrected chi connectivity index (χ1v) is 19.1. The van der Waals surface area contributed by atoms with Crippen molar-refractivity contribution in [1.29, 1.82) is 0 Å². The molecule has 0 radical (unpaired) electrons. The van der Waals surface area contributed by atoms with E-state index in [0.29, 0.717) is 11.6 Å². The fraction of sp³-hybridized carbons (Fsp3) is 0.0784. The van der Waals surface area contributed by atoms with E-state index in [2.05, 4.69) is 152 Å². The lowest BCUT2D eigenvalue weighted by atomic mass is 9.86. The fourth-order valence-electron chi connectivity index (χ4n) is 8.38. The van der Waals surface area contributed by atoms with Crippen LogP contribution in [0.5, 0.6) is 0 Å². The number of hydrogen-bond acceptors (Lipinski definition) is 4. The Morgan fingerprint density at radius 2 is 1.07 bits per heavy atom. The van der Waals surface area contributed by atoms with Gasteiger partial charge in [-0.05, 0) is 117 Å². The second kappa shape index (κ2) is 12.9. The van der Waals surface area contributed by atoms with Gasteiger partial charge < -0.3 is 4.42 Å². The van der Waals surface area contributed by atoms with Crippen LogP contribution in [0.25, 0.3) is 94.1 Å². The molecule has 4 nitrogen and oxygen atoms in total. The Morgan fingerprint density at radius 1 is 0.436 bits per heavy atom. The average molecular weight is 706 g/mol. The van der Waals surface area contributed by atoms with E-state index >= 15 is 0 Å². The molecule has 0 atom stereocenters. The predicted molar refractivity (Wildman–Crippen MR) is 226 cm³/mol. The standard InChI is InChI=1S/C51H35N3O/c1-4-11-37-28-40(23-18-32(37)8-1)35-16-21-36(22-17-35)49-52-50(43-25-20-34-10-3-6-13-39(34)30-43)54-51(53-49)45-14-7-15-46-48(45)44-27-26-42(31-47(44)55-46)41-24-19-33-9-2-5-12-38(33)29-41/h1-5,7-12,14-19,21-24,26-31H,6,13,20,25H2. The normalized spacial score (nSPS) is 14.2. The number of furan rings is 1. The summed E-state index contributed by atoms with van der Waals surface area (Å²) in [6.45, 7) is 0. The molecule has 0 aliphatic heterocycles. The van der Waals surface area contributed by atoms with Crippen LogP contribution in [0.4, 0.5) is 0 Å². The van der Waals surface area contributed by atoms with Gasteiger partial charge in [-0.1, -0.05) is 133 Å². The maximum Gasteiger partial charge on any atom is 0.164 e. The Bertz CT molecular complexity index is 3090. The third kappa shape index (κ3) is 5.66. The van der Waals surface area contributed by atoms with Crippen LogP contribution in [0, 0.1) is 0 Å². The second-order valence-corrected chi connectivity index (χ2v) is 14.7. The molecule has 2 aliphatic carbocycles. The highest BCUT2D eigenvalue weighted by atomic mass is 16.3. The van der Waals surface area contributed by atoms with Crippen LogP contribution in [0.1, 0.15) is 31.5 Å². The molecular weight excluding hydrogens is 671 g/mol. The summed E-state index contributed by atoms with van der Waals surface area (Å²) in [4.78, 5) is 15.6. The molecule has 0 amide bonds. The zero-order valence-corrected chi connectivity index (χ0v) is 30.2. The highest BCUT2D eigenvalue weighted by Gasteiger charge is 2.21. The number of benzene rings is 7. The van der Waals surface area contributed by atoms with Gasteiger partial charge in [0, 0.05) is 21.9 Å². The fourth-order valence-corrected chi connectivity index (χ4v) is 8.38. The monoisotopic (exact) mass is 705 g/mol. The molecule has 55 heavy (non-hydrogen) atoms. The molecule has 0 saturated heterocycles. The van der Waals surface area contributed by atoms with Crippen LogP contribution >= 0.6 is 0 Å². The van der Waals surface area contributed by atoms with Crippen molar-refractivity contribution in [2.75, 3.05) is 0 Å². The van der Waals surface area contributed by atoms with Gasteiger partial charge in [-0.15, -0.1) is 0 Å². The summed E-state index contributed by atoms with van der Waals surface area (Å²) in [6, 6.07) is 51.5. The summed E-state index contributed by atoms with van der Waals surface area (Å²) in [5, 5.41) is 6.97. The van der Waals surface area contributed by atoms with Crippen LogP contribution in [0.15, 0.2) is 179 Å². The summed E-state index contributed by atoms with van der Waals surface area (Å²) >= 11 is 0. The van der Waals surface area contributed by atoms with Crippen LogP contribution in [-0.2, 0) is 0 Å². The summed E-state index contributed by atoms with van der Waals surface area (Å²) in [7, 11) is 0. The smallest absolute Gasteiger partial charge is 0.164 e. The highest BCUT2D eigenvalue weighted by molar-refractivity contribution is 6.12. The number of hydrogen-bond donors (Lipinski definition) is 0. The first-order chi connectivity index (χ1) is 27.2. The average Bonchev–Trinajstić information content (AvgIpc) is 3.64. The van der Waals surface area contributed by atoms with Crippen molar-refractivity contribution >= 4 is 49.1 Å². The van der Waals surface area contributed by atoms with Crippen molar-refractivity contribution in [3.05, 3.63) is 181 Å². The van der Waals surface area contributed by atoms with E-state index in [1.165, 1.54) is 38.3 Å². The summed E-state index contributed by atoms with van der Waals surface area (Å²) in [6.07, 6.45) is 10.9. The molecule has 9 aromatic rings. The molecule has 11 rings (SSSR count). The van der Waals surface area contributed by atoms with Crippen molar-refractivity contribution < 1.29 is 4.42 Å². The Hall–Kier alpha value is -6.91. The number of aromatic nitrogens is 3. The number of nitrogens with zero attached hydrogens (tertiary/aromatic N) is 3. The van der Waals surface area contributed by atoms with Gasteiger partial charge >= 0.3 is 0 Å². The molecule has 0 spiro atoms. The van der Waals surface area contributed by atoms with E-state index in [-0.39, 0.29) is 0 Å². The minimum absolute atomic E-state index is 0.648. The van der Waals surface area contributed by atoms with E-state index in [9.17, 15) is 0 Å². The molecule has 4 heteroatoms. The van der Waals surface area contributed by atoms with E-state index < -0.39 is 0 Å². The predicted octanol–water partition coefficient (Wildman–Crippen LogP) is 13.6. The zero-order valence-electron chi connectivity index (χ0n) is 30.2. The third-order valence-electron chi connectivity index (χ3n) is 11.3. The van der Waals surface area contributed by atoms with E-state index in [1.54, 1.807) is 0 Å². The maximum absolute atomic E-state index is 6.57. The van der Waals surface area contributed by atoms with E-state index in [0.717, 1.165) is 86.8 Å². The minimum Gasteiger partial charge on any atom is -0.456 e. The van der Waals surface area contributed by atoms with Crippen molar-refractivity contribution in [3.63, 3.8) is 0 Å². The molecule has 2 heterocycles. The van der Waals surface area contributed by atoms with Crippen LogP contribution < -0.4 is 0 Å². The third-order valence-corrected chi connectivity index (χ3v) is 11.3. The lowest BCUT2D eigenvalue weighted by Gasteiger charge is -2.20. The van der Waals surface area contributed by atoms with Gasteiger partial charge in [0.1, 0.15) is 11.2 Å². The Kier molecular flexibility index (Phi) is 7.41. The SMILES string of the molecule is C1=CC2=C(C=C(c3nc(-c4ccc(-c5ccc6ccccc6c5)cc4)nc(-c4cccc5oc6cc(-c7ccc8ccccc8c7)ccc6c45)n3)CC2)CC1. The molecule has 260 valence electrons. The van der Waals surface area contributed by atoms with Gasteiger partial charge in [-0.3, -0.25) is 0 Å². The van der Waals surface area contributed by atoms with Gasteiger partial charge in [0.2, 0.25) is 0 Å². The largest absolute Gasteiger partial charge is 0.456 e. The van der Waals surface area contributed by atoms with Crippen LogP contribution in [-0.4, -0.2) is 15.0 Å². The second-order valence-electron chi connectivity index (χ2n) is 14.7. The van der Waals surface area contributed by atoms with Gasteiger partial charge in [0.25, 0.3) is 0 Å².